The fourth-order valence-corrected chi connectivity index (χ4v) is 1.32. The van der Waals surface area contributed by atoms with E-state index in [0.717, 1.165) is 5.56 Å². The molecule has 0 heterocycles. The first-order valence-corrected chi connectivity index (χ1v) is 4.82. The van der Waals surface area contributed by atoms with Crippen LogP contribution in [-0.2, 0) is 0 Å². The van der Waals surface area contributed by atoms with Crippen LogP contribution in [0.15, 0.2) is 18.2 Å². The molecule has 1 aromatic carbocycles. The second-order valence-corrected chi connectivity index (χ2v) is 3.38. The average Bonchev–Trinajstić information content (AvgIpc) is 2.19. The van der Waals surface area contributed by atoms with Crippen LogP contribution in [0.4, 0.5) is 0 Å². The minimum Gasteiger partial charge on any atom is -0.294 e. The lowest BCUT2D eigenvalue weighted by Crippen LogP contribution is -2.00. The summed E-state index contributed by atoms with van der Waals surface area (Å²) in [5.74, 6) is 0.297. The molecule has 0 aliphatic rings. The molecule has 0 spiro atoms. The van der Waals surface area contributed by atoms with Gasteiger partial charge in [-0.2, -0.15) is 5.26 Å². The van der Waals surface area contributed by atoms with Gasteiger partial charge in [-0.25, -0.2) is 0 Å². The molecule has 0 amide bonds. The lowest BCUT2D eigenvalue weighted by Gasteiger charge is -2.01. The Morgan fingerprint density at radius 1 is 1.57 bits per heavy atom. The van der Waals surface area contributed by atoms with Crippen LogP contribution in [0, 0.1) is 18.3 Å². The molecule has 0 radical (unpaired) electrons. The van der Waals surface area contributed by atoms with Crippen LogP contribution in [0.3, 0.4) is 0 Å². The molecular weight excluding hydrogens is 198 g/mol. The highest BCUT2D eigenvalue weighted by Crippen LogP contribution is 2.12. The van der Waals surface area contributed by atoms with Crippen molar-refractivity contribution >= 4 is 17.4 Å². The second kappa shape index (κ2) is 4.78. The maximum absolute atomic E-state index is 11.4. The van der Waals surface area contributed by atoms with Crippen molar-refractivity contribution in [2.45, 2.75) is 13.3 Å². The fourth-order valence-electron chi connectivity index (χ4n) is 1.15. The highest BCUT2D eigenvalue weighted by molar-refractivity contribution is 6.19. The Labute approximate surface area is 88.1 Å². The molecule has 0 unspecified atom stereocenters. The van der Waals surface area contributed by atoms with Crippen molar-refractivity contribution in [3.63, 3.8) is 0 Å². The van der Waals surface area contributed by atoms with E-state index in [2.05, 4.69) is 0 Å². The van der Waals surface area contributed by atoms with Gasteiger partial charge in [0, 0.05) is 17.9 Å². The first-order valence-electron chi connectivity index (χ1n) is 4.29. The third kappa shape index (κ3) is 2.34. The zero-order valence-electron chi connectivity index (χ0n) is 7.88. The number of hydrogen-bond acceptors (Lipinski definition) is 2. The van der Waals surface area contributed by atoms with Gasteiger partial charge in [0.15, 0.2) is 5.78 Å². The zero-order valence-corrected chi connectivity index (χ0v) is 8.64. The standard InChI is InChI=1S/C11H10ClNO/c1-8-2-3-9(6-10(8)7-13)11(14)4-5-12/h2-3,6H,4-5H2,1H3. The molecule has 0 fully saturated rings. The van der Waals surface area contributed by atoms with Gasteiger partial charge in [-0.05, 0) is 18.6 Å². The number of nitriles is 1. The number of carbonyl (C=O) groups is 1. The third-order valence-electron chi connectivity index (χ3n) is 2.00. The lowest BCUT2D eigenvalue weighted by atomic mass is 10.0. The van der Waals surface area contributed by atoms with Crippen molar-refractivity contribution in [3.8, 4) is 6.07 Å². The van der Waals surface area contributed by atoms with E-state index in [4.69, 9.17) is 16.9 Å². The molecule has 3 heteroatoms. The maximum Gasteiger partial charge on any atom is 0.164 e. The van der Waals surface area contributed by atoms with Crippen molar-refractivity contribution in [1.82, 2.24) is 0 Å². The fraction of sp³-hybridized carbons (Fsp3) is 0.273. The molecule has 1 rings (SSSR count). The first kappa shape index (κ1) is 10.7. The number of halogens is 1. The summed E-state index contributed by atoms with van der Waals surface area (Å²) in [5.41, 5.74) is 1.99. The van der Waals surface area contributed by atoms with Crippen molar-refractivity contribution in [2.75, 3.05) is 5.88 Å². The molecule has 0 atom stereocenters. The SMILES string of the molecule is Cc1ccc(C(=O)CCCl)cc1C#N. The van der Waals surface area contributed by atoms with Crippen LogP contribution in [0.5, 0.6) is 0 Å². The Balaban J connectivity index is 3.02. The van der Waals surface area contributed by atoms with Gasteiger partial charge >= 0.3 is 0 Å². The van der Waals surface area contributed by atoms with E-state index in [1.165, 1.54) is 0 Å². The van der Waals surface area contributed by atoms with E-state index in [9.17, 15) is 4.79 Å². The minimum atomic E-state index is -0.0171. The van der Waals surface area contributed by atoms with Gasteiger partial charge in [0.25, 0.3) is 0 Å². The summed E-state index contributed by atoms with van der Waals surface area (Å²) in [6.45, 7) is 1.84. The summed E-state index contributed by atoms with van der Waals surface area (Å²) in [5, 5.41) is 8.77. The molecule has 0 aromatic heterocycles. The number of benzene rings is 1. The molecule has 0 saturated heterocycles. The number of rotatable bonds is 3. The maximum atomic E-state index is 11.4. The molecule has 0 saturated carbocycles. The van der Waals surface area contributed by atoms with E-state index < -0.39 is 0 Å². The van der Waals surface area contributed by atoms with Crippen LogP contribution in [0.25, 0.3) is 0 Å². The molecule has 0 N–H and O–H groups in total. The average molecular weight is 208 g/mol. The van der Waals surface area contributed by atoms with Gasteiger partial charge in [-0.3, -0.25) is 4.79 Å². The van der Waals surface area contributed by atoms with Gasteiger partial charge < -0.3 is 0 Å². The number of alkyl halides is 1. The van der Waals surface area contributed by atoms with Crippen LogP contribution >= 0.6 is 11.6 Å². The zero-order chi connectivity index (χ0) is 10.6. The Hall–Kier alpha value is -1.33. The van der Waals surface area contributed by atoms with Crippen LogP contribution in [0.2, 0.25) is 0 Å². The molecular formula is C11H10ClNO. The Kier molecular flexibility index (Phi) is 3.67. The van der Waals surface area contributed by atoms with Gasteiger partial charge in [0.1, 0.15) is 0 Å². The summed E-state index contributed by atoms with van der Waals surface area (Å²) < 4.78 is 0. The topological polar surface area (TPSA) is 40.9 Å². The van der Waals surface area contributed by atoms with Gasteiger partial charge in [0.2, 0.25) is 0 Å². The summed E-state index contributed by atoms with van der Waals surface area (Å²) in [6.07, 6.45) is 0.315. The Morgan fingerprint density at radius 2 is 2.29 bits per heavy atom. The van der Waals surface area contributed by atoms with Crippen LogP contribution < -0.4 is 0 Å². The largest absolute Gasteiger partial charge is 0.294 e. The van der Waals surface area contributed by atoms with Gasteiger partial charge in [0.05, 0.1) is 11.6 Å². The van der Waals surface area contributed by atoms with Gasteiger partial charge in [-0.15, -0.1) is 11.6 Å². The number of aryl methyl sites for hydroxylation is 1. The number of Topliss-reactive ketones (excluding diaryl/α,β-unsaturated/α-hetero) is 1. The smallest absolute Gasteiger partial charge is 0.164 e. The molecule has 0 aliphatic carbocycles. The lowest BCUT2D eigenvalue weighted by molar-refractivity contribution is 0.0989. The highest BCUT2D eigenvalue weighted by Gasteiger charge is 2.06. The van der Waals surface area contributed by atoms with Crippen molar-refractivity contribution in [2.24, 2.45) is 0 Å². The highest BCUT2D eigenvalue weighted by atomic mass is 35.5. The summed E-state index contributed by atoms with van der Waals surface area (Å²) in [4.78, 5) is 11.4. The van der Waals surface area contributed by atoms with E-state index in [1.54, 1.807) is 18.2 Å². The predicted molar refractivity (Wildman–Crippen MR) is 55.6 cm³/mol. The molecule has 1 aromatic rings. The summed E-state index contributed by atoms with van der Waals surface area (Å²) in [7, 11) is 0. The van der Waals surface area contributed by atoms with Crippen LogP contribution in [0.1, 0.15) is 27.9 Å². The molecule has 0 aliphatic heterocycles. The first-order chi connectivity index (χ1) is 6.69. The quantitative estimate of drug-likeness (QED) is 0.565. The van der Waals surface area contributed by atoms with Crippen molar-refractivity contribution in [1.29, 1.82) is 5.26 Å². The van der Waals surface area contributed by atoms with E-state index in [-0.39, 0.29) is 5.78 Å². The van der Waals surface area contributed by atoms with E-state index in [1.807, 2.05) is 13.0 Å². The number of carbonyl (C=O) groups excluding carboxylic acids is 1. The van der Waals surface area contributed by atoms with E-state index >= 15 is 0 Å². The van der Waals surface area contributed by atoms with Crippen molar-refractivity contribution in [3.05, 3.63) is 34.9 Å². The summed E-state index contributed by atoms with van der Waals surface area (Å²) in [6, 6.07) is 7.17. The van der Waals surface area contributed by atoms with Crippen LogP contribution in [-0.4, -0.2) is 11.7 Å². The normalized spacial score (nSPS) is 9.50. The molecule has 0 bridgehead atoms. The molecule has 2 nitrogen and oxygen atoms in total. The number of nitrogens with zero attached hydrogens (tertiary/aromatic N) is 1. The van der Waals surface area contributed by atoms with Crippen molar-refractivity contribution < 1.29 is 4.79 Å². The Bertz CT molecular complexity index is 393. The predicted octanol–water partition coefficient (Wildman–Crippen LogP) is 2.68. The number of ketones is 1. The minimum absolute atomic E-state index is 0.0171. The molecule has 72 valence electrons. The molecule has 14 heavy (non-hydrogen) atoms. The third-order valence-corrected chi connectivity index (χ3v) is 2.19. The summed E-state index contributed by atoms with van der Waals surface area (Å²) >= 11 is 5.47. The van der Waals surface area contributed by atoms with Gasteiger partial charge in [-0.1, -0.05) is 12.1 Å². The Morgan fingerprint density at radius 3 is 2.86 bits per heavy atom. The monoisotopic (exact) mass is 207 g/mol. The number of hydrogen-bond donors (Lipinski definition) is 0. The second-order valence-electron chi connectivity index (χ2n) is 3.00. The van der Waals surface area contributed by atoms with E-state index in [0.29, 0.717) is 23.4 Å².